The van der Waals surface area contributed by atoms with Gasteiger partial charge in [0.2, 0.25) is 0 Å². The van der Waals surface area contributed by atoms with Gasteiger partial charge in [0.15, 0.2) is 0 Å². The minimum atomic E-state index is -0.500. The quantitative estimate of drug-likeness (QED) is 0.570. The third-order valence-corrected chi connectivity index (χ3v) is 1.66. The molecule has 18 heavy (non-hydrogen) atoms. The molecule has 0 fully saturated rings. The Morgan fingerprint density at radius 3 is 2.11 bits per heavy atom. The maximum atomic E-state index is 11.0. The molecular weight excluding hydrogens is 234 g/mol. The molecule has 0 saturated carbocycles. The van der Waals surface area contributed by atoms with Crippen LogP contribution in [-0.4, -0.2) is 29.0 Å². The summed E-state index contributed by atoms with van der Waals surface area (Å²) >= 11 is 0. The third kappa shape index (κ3) is 8.69. The van der Waals surface area contributed by atoms with Gasteiger partial charge in [-0.15, -0.1) is 0 Å². The maximum Gasteiger partial charge on any atom is 0.337 e. The van der Waals surface area contributed by atoms with E-state index in [0.29, 0.717) is 12.1 Å². The smallest absolute Gasteiger partial charge is 0.337 e. The second-order valence-corrected chi connectivity index (χ2v) is 4.69. The third-order valence-electron chi connectivity index (χ3n) is 1.66. The zero-order valence-electron chi connectivity index (χ0n) is 11.2. The molecule has 0 radical (unpaired) electrons. The Kier molecular flexibility index (Phi) is 7.19. The van der Waals surface area contributed by atoms with Gasteiger partial charge in [0.25, 0.3) is 0 Å². The summed E-state index contributed by atoms with van der Waals surface area (Å²) in [5, 5.41) is 16.9. The van der Waals surface area contributed by atoms with E-state index in [1.807, 2.05) is 5.48 Å². The van der Waals surface area contributed by atoms with Crippen molar-refractivity contribution < 1.29 is 21.3 Å². The fourth-order valence-corrected chi connectivity index (χ4v) is 0.968. The Balaban J connectivity index is 0. The molecule has 0 saturated heterocycles. The molecule has 0 heterocycles. The van der Waals surface area contributed by atoms with Crippen molar-refractivity contribution in [3.63, 3.8) is 0 Å². The molecule has 0 unspecified atom stereocenters. The van der Waals surface area contributed by atoms with Crippen LogP contribution in [0.4, 0.5) is 0 Å². The summed E-state index contributed by atoms with van der Waals surface area (Å²) in [6.07, 6.45) is 0. The number of hydrogen-bond acceptors (Lipinski definition) is 5. The normalized spacial score (nSPS) is 10.3. The highest BCUT2D eigenvalue weighted by molar-refractivity contribution is 5.89. The van der Waals surface area contributed by atoms with E-state index in [0.717, 1.165) is 5.56 Å². The molecule has 0 aromatic heterocycles. The minimum Gasteiger partial charge on any atom is -0.465 e. The first-order valence-corrected chi connectivity index (χ1v) is 5.54. The van der Waals surface area contributed by atoms with E-state index in [1.165, 1.54) is 7.11 Å². The van der Waals surface area contributed by atoms with Gasteiger partial charge in [-0.3, -0.25) is 0 Å². The van der Waals surface area contributed by atoms with Gasteiger partial charge in [0.1, 0.15) is 0 Å². The van der Waals surface area contributed by atoms with Crippen molar-refractivity contribution in [1.29, 1.82) is 0 Å². The van der Waals surface area contributed by atoms with Crippen LogP contribution in [0.1, 0.15) is 38.1 Å². The summed E-state index contributed by atoms with van der Waals surface area (Å²) < 4.78 is 4.53. The lowest BCUT2D eigenvalue weighted by Crippen LogP contribution is -2.10. The lowest BCUT2D eigenvalue weighted by molar-refractivity contribution is 0.0600. The first-order chi connectivity index (χ1) is 8.27. The van der Waals surface area contributed by atoms with Crippen LogP contribution in [0.25, 0.3) is 0 Å². The Hall–Kier alpha value is -1.43. The number of methoxy groups -OCH3 is 1. The number of nitrogens with one attached hydrogen (secondary N) is 1. The maximum absolute atomic E-state index is 11.0. The number of hydroxylamine groups is 1. The van der Waals surface area contributed by atoms with Gasteiger partial charge in [-0.2, -0.15) is 0 Å². The lowest BCUT2D eigenvalue weighted by atomic mass is 10.1. The minimum absolute atomic E-state index is 0. The average molecular weight is 257 g/mol. The van der Waals surface area contributed by atoms with Gasteiger partial charge in [0, 0.05) is 7.97 Å². The molecule has 0 spiro atoms. The van der Waals surface area contributed by atoms with Crippen molar-refractivity contribution in [3.8, 4) is 0 Å². The van der Waals surface area contributed by atoms with Crippen LogP contribution in [-0.2, 0) is 11.3 Å². The zero-order chi connectivity index (χ0) is 14.2. The first kappa shape index (κ1) is 16.6. The van der Waals surface area contributed by atoms with Gasteiger partial charge in [-0.05, 0) is 38.5 Å². The van der Waals surface area contributed by atoms with Crippen LogP contribution in [0.3, 0.4) is 0 Å². The topological polar surface area (TPSA) is 78.8 Å². The number of aliphatic hydroxyl groups is 1. The Morgan fingerprint density at radius 2 is 1.78 bits per heavy atom. The largest absolute Gasteiger partial charge is 0.465 e. The summed E-state index contributed by atoms with van der Waals surface area (Å²) in [7, 11) is 1.34. The summed E-state index contributed by atoms with van der Waals surface area (Å²) in [6.45, 7) is 5.59. The fraction of sp³-hybridized carbons (Fsp3) is 0.462. The number of carbonyl (C=O) groups excluding carboxylic acids is 1. The van der Waals surface area contributed by atoms with Crippen LogP contribution >= 0.6 is 0 Å². The first-order valence-electron chi connectivity index (χ1n) is 5.54. The molecule has 0 bridgehead atoms. The molecule has 0 aliphatic rings. The van der Waals surface area contributed by atoms with Gasteiger partial charge >= 0.3 is 5.97 Å². The predicted octanol–water partition coefficient (Wildman–Crippen LogP) is 1.98. The second kappa shape index (κ2) is 7.81. The summed E-state index contributed by atoms with van der Waals surface area (Å²) in [5.74, 6) is -0.358. The molecule has 104 valence electrons. The van der Waals surface area contributed by atoms with Crippen LogP contribution in [0.15, 0.2) is 24.3 Å². The molecule has 0 aliphatic carbocycles. The highest BCUT2D eigenvalue weighted by Gasteiger charge is 2.03. The van der Waals surface area contributed by atoms with E-state index in [-0.39, 0.29) is 7.40 Å². The number of rotatable bonds is 3. The van der Waals surface area contributed by atoms with Crippen molar-refractivity contribution in [3.05, 3.63) is 35.4 Å². The molecule has 0 aliphatic heterocycles. The summed E-state index contributed by atoms with van der Waals surface area (Å²) in [4.78, 5) is 11.0. The molecule has 0 amide bonds. The SMILES string of the molecule is CC(C)(C)O.COC(=O)c1ccc(CNO)cc1.[HH]. The van der Waals surface area contributed by atoms with E-state index >= 15 is 0 Å². The van der Waals surface area contributed by atoms with Crippen molar-refractivity contribution in [2.45, 2.75) is 32.9 Å². The fourth-order valence-electron chi connectivity index (χ4n) is 0.968. The number of carbonyl (C=O) groups is 1. The molecule has 5 nitrogen and oxygen atoms in total. The molecular formula is C13H23NO4. The second-order valence-electron chi connectivity index (χ2n) is 4.69. The summed E-state index contributed by atoms with van der Waals surface area (Å²) in [5.41, 5.74) is 2.93. The van der Waals surface area contributed by atoms with E-state index in [9.17, 15) is 4.79 Å². The van der Waals surface area contributed by atoms with Crippen LogP contribution in [0, 0.1) is 0 Å². The number of hydrogen-bond donors (Lipinski definition) is 3. The molecule has 0 atom stereocenters. The highest BCUT2D eigenvalue weighted by atomic mass is 16.5. The van der Waals surface area contributed by atoms with E-state index in [2.05, 4.69) is 4.74 Å². The van der Waals surface area contributed by atoms with Crippen LogP contribution in [0.5, 0.6) is 0 Å². The average Bonchev–Trinajstić information content (AvgIpc) is 2.27. The number of esters is 1. The molecule has 1 rings (SSSR count). The van der Waals surface area contributed by atoms with Gasteiger partial charge in [-0.25, -0.2) is 10.3 Å². The molecule has 3 N–H and O–H groups in total. The summed E-state index contributed by atoms with van der Waals surface area (Å²) in [6, 6.07) is 6.79. The standard InChI is InChI=1S/C9H11NO3.C4H10O.H2/c1-13-9(11)8-4-2-7(3-5-8)6-10-12;1-4(2,3)5;/h2-5,10,12H,6H2,1H3;5H,1-3H3;1H. The molecule has 5 heteroatoms. The molecule has 1 aromatic carbocycles. The van der Waals surface area contributed by atoms with Gasteiger partial charge in [0.05, 0.1) is 18.3 Å². The van der Waals surface area contributed by atoms with Crippen LogP contribution in [0.2, 0.25) is 0 Å². The predicted molar refractivity (Wildman–Crippen MR) is 70.5 cm³/mol. The van der Waals surface area contributed by atoms with E-state index in [1.54, 1.807) is 45.0 Å². The van der Waals surface area contributed by atoms with Gasteiger partial charge in [-0.1, -0.05) is 12.1 Å². The van der Waals surface area contributed by atoms with Crippen molar-refractivity contribution >= 4 is 5.97 Å². The Bertz CT molecular complexity index is 354. The lowest BCUT2D eigenvalue weighted by Gasteiger charge is -2.04. The van der Waals surface area contributed by atoms with Gasteiger partial charge < -0.3 is 15.1 Å². The Morgan fingerprint density at radius 1 is 1.33 bits per heavy atom. The number of ether oxygens (including phenoxy) is 1. The van der Waals surface area contributed by atoms with E-state index in [4.69, 9.17) is 10.3 Å². The Labute approximate surface area is 109 Å². The monoisotopic (exact) mass is 257 g/mol. The van der Waals surface area contributed by atoms with E-state index < -0.39 is 5.60 Å². The number of benzene rings is 1. The highest BCUT2D eigenvalue weighted by Crippen LogP contribution is 2.05. The molecule has 1 aromatic rings. The van der Waals surface area contributed by atoms with Crippen molar-refractivity contribution in [1.82, 2.24) is 5.48 Å². The van der Waals surface area contributed by atoms with Crippen LogP contribution < -0.4 is 5.48 Å². The van der Waals surface area contributed by atoms with Crippen molar-refractivity contribution in [2.75, 3.05) is 7.11 Å². The van der Waals surface area contributed by atoms with Crippen molar-refractivity contribution in [2.24, 2.45) is 0 Å². The zero-order valence-corrected chi connectivity index (χ0v) is 11.2.